The number of nitrogens with zero attached hydrogens (tertiary/aromatic N) is 1. The topological polar surface area (TPSA) is 68.3 Å². The van der Waals surface area contributed by atoms with E-state index in [1.807, 2.05) is 6.07 Å². The number of amides is 1. The summed E-state index contributed by atoms with van der Waals surface area (Å²) in [6.45, 7) is 1.65. The summed E-state index contributed by atoms with van der Waals surface area (Å²) in [6, 6.07) is 9.64. The van der Waals surface area contributed by atoms with Crippen molar-refractivity contribution < 1.29 is 18.7 Å². The van der Waals surface area contributed by atoms with E-state index in [1.165, 1.54) is 19.4 Å². The highest BCUT2D eigenvalue weighted by atomic mass is 19.1. The average Bonchev–Trinajstić information content (AvgIpc) is 2.59. The largest absolute Gasteiger partial charge is 0.469 e. The number of halogens is 1. The fourth-order valence-electron chi connectivity index (χ4n) is 2.26. The molecular weight excluding hydrogens is 299 g/mol. The van der Waals surface area contributed by atoms with Gasteiger partial charge in [0.25, 0.3) is 5.91 Å². The summed E-state index contributed by atoms with van der Waals surface area (Å²) in [5.41, 5.74) is 0.603. The van der Waals surface area contributed by atoms with Crippen molar-refractivity contribution in [3.63, 3.8) is 0 Å². The van der Waals surface area contributed by atoms with E-state index in [-0.39, 0.29) is 5.56 Å². The van der Waals surface area contributed by atoms with Crippen LogP contribution in [0.3, 0.4) is 0 Å². The predicted octanol–water partition coefficient (Wildman–Crippen LogP) is 2.50. The maximum absolute atomic E-state index is 13.7. The first-order chi connectivity index (χ1) is 11.0. The quantitative estimate of drug-likeness (QED) is 0.861. The Morgan fingerprint density at radius 3 is 2.52 bits per heavy atom. The monoisotopic (exact) mass is 316 g/mol. The van der Waals surface area contributed by atoms with Gasteiger partial charge in [-0.15, -0.1) is 0 Å². The Balaban J connectivity index is 2.30. The lowest BCUT2D eigenvalue weighted by atomic mass is 9.94. The Morgan fingerprint density at radius 2 is 1.91 bits per heavy atom. The van der Waals surface area contributed by atoms with Gasteiger partial charge in [-0.05, 0) is 18.6 Å². The summed E-state index contributed by atoms with van der Waals surface area (Å²) >= 11 is 0. The number of hydrogen-bond acceptors (Lipinski definition) is 4. The lowest BCUT2D eigenvalue weighted by Gasteiger charge is -2.24. The van der Waals surface area contributed by atoms with Crippen LogP contribution in [0.2, 0.25) is 0 Å². The van der Waals surface area contributed by atoms with Crippen molar-refractivity contribution in [1.29, 1.82) is 0 Å². The van der Waals surface area contributed by atoms with Gasteiger partial charge in [0.15, 0.2) is 5.82 Å². The Kier molecular flexibility index (Phi) is 5.41. The molecule has 23 heavy (non-hydrogen) atoms. The molecule has 120 valence electrons. The summed E-state index contributed by atoms with van der Waals surface area (Å²) in [6.07, 6.45) is 2.30. The molecule has 0 bridgehead atoms. The molecule has 5 nitrogen and oxygen atoms in total. The molecule has 1 aromatic heterocycles. The second-order valence-electron chi connectivity index (χ2n) is 5.03. The third-order valence-corrected chi connectivity index (χ3v) is 3.54. The van der Waals surface area contributed by atoms with Gasteiger partial charge < -0.3 is 10.1 Å². The van der Waals surface area contributed by atoms with E-state index in [4.69, 9.17) is 4.74 Å². The van der Waals surface area contributed by atoms with Gasteiger partial charge in [-0.25, -0.2) is 4.39 Å². The molecule has 0 fully saturated rings. The number of pyridine rings is 1. The molecule has 2 rings (SSSR count). The summed E-state index contributed by atoms with van der Waals surface area (Å²) in [7, 11) is 1.28. The molecule has 0 aliphatic rings. The van der Waals surface area contributed by atoms with E-state index in [9.17, 15) is 14.0 Å². The van der Waals surface area contributed by atoms with E-state index < -0.39 is 29.7 Å². The molecule has 0 aliphatic heterocycles. The number of ether oxygens (including phenoxy) is 1. The normalized spacial score (nSPS) is 13.0. The van der Waals surface area contributed by atoms with E-state index in [1.54, 1.807) is 31.2 Å². The minimum absolute atomic E-state index is 0.127. The van der Waals surface area contributed by atoms with Crippen LogP contribution in [-0.2, 0) is 9.53 Å². The molecule has 0 saturated carbocycles. The molecule has 0 radical (unpaired) electrons. The number of methoxy groups -OCH3 is 1. The molecule has 6 heteroatoms. The maximum atomic E-state index is 13.7. The summed E-state index contributed by atoms with van der Waals surface area (Å²) in [4.78, 5) is 27.8. The van der Waals surface area contributed by atoms with Crippen molar-refractivity contribution in [2.45, 2.75) is 13.0 Å². The second-order valence-corrected chi connectivity index (χ2v) is 5.03. The van der Waals surface area contributed by atoms with Gasteiger partial charge in [0, 0.05) is 6.20 Å². The molecule has 0 unspecified atom stereocenters. The van der Waals surface area contributed by atoms with Gasteiger partial charge in [0.2, 0.25) is 0 Å². The molecule has 2 atom stereocenters. The number of nitrogens with one attached hydrogen (secondary N) is 1. The van der Waals surface area contributed by atoms with Gasteiger partial charge in [-0.1, -0.05) is 30.3 Å². The fraction of sp³-hybridized carbons (Fsp3) is 0.235. The molecule has 1 heterocycles. The average molecular weight is 316 g/mol. The van der Waals surface area contributed by atoms with Crippen molar-refractivity contribution >= 4 is 11.9 Å². The number of carbonyl (C=O) groups excluding carboxylic acids is 2. The molecule has 1 aromatic carbocycles. The first-order valence-electron chi connectivity index (χ1n) is 7.07. The number of benzene rings is 1. The van der Waals surface area contributed by atoms with E-state index in [0.29, 0.717) is 0 Å². The third-order valence-electron chi connectivity index (χ3n) is 3.54. The highest BCUT2D eigenvalue weighted by Crippen LogP contribution is 2.23. The van der Waals surface area contributed by atoms with E-state index in [0.717, 1.165) is 11.8 Å². The summed E-state index contributed by atoms with van der Waals surface area (Å²) in [5.74, 6) is -2.43. The van der Waals surface area contributed by atoms with Crippen molar-refractivity contribution in [3.05, 3.63) is 65.7 Å². The third kappa shape index (κ3) is 3.91. The van der Waals surface area contributed by atoms with Crippen LogP contribution >= 0.6 is 0 Å². The SMILES string of the molecule is COC(=O)[C@H](C)[C@H](NC(=O)c1ccncc1F)c1ccccc1. The first-order valence-corrected chi connectivity index (χ1v) is 7.07. The number of aromatic nitrogens is 1. The zero-order chi connectivity index (χ0) is 16.8. The van der Waals surface area contributed by atoms with Crippen molar-refractivity contribution in [2.75, 3.05) is 7.11 Å². The van der Waals surface area contributed by atoms with E-state index >= 15 is 0 Å². The number of esters is 1. The number of hydrogen-bond donors (Lipinski definition) is 1. The zero-order valence-electron chi connectivity index (χ0n) is 12.8. The van der Waals surface area contributed by atoms with Crippen LogP contribution in [-0.4, -0.2) is 24.0 Å². The van der Waals surface area contributed by atoms with Gasteiger partial charge >= 0.3 is 5.97 Å². The van der Waals surface area contributed by atoms with Crippen LogP contribution in [0.5, 0.6) is 0 Å². The van der Waals surface area contributed by atoms with Gasteiger partial charge in [-0.3, -0.25) is 14.6 Å². The number of carbonyl (C=O) groups is 2. The Bertz CT molecular complexity index is 691. The van der Waals surface area contributed by atoms with Crippen LogP contribution in [0.4, 0.5) is 4.39 Å². The minimum Gasteiger partial charge on any atom is -0.469 e. The van der Waals surface area contributed by atoms with Crippen LogP contribution in [0.25, 0.3) is 0 Å². The molecule has 0 saturated heterocycles. The van der Waals surface area contributed by atoms with Crippen molar-refractivity contribution in [3.8, 4) is 0 Å². The van der Waals surface area contributed by atoms with Gasteiger partial charge in [0.1, 0.15) is 0 Å². The van der Waals surface area contributed by atoms with Crippen LogP contribution < -0.4 is 5.32 Å². The lowest BCUT2D eigenvalue weighted by molar-refractivity contribution is -0.145. The molecule has 0 aliphatic carbocycles. The number of rotatable bonds is 5. The highest BCUT2D eigenvalue weighted by Gasteiger charge is 2.28. The molecule has 1 amide bonds. The van der Waals surface area contributed by atoms with Crippen molar-refractivity contribution in [2.24, 2.45) is 5.92 Å². The summed E-state index contributed by atoms with van der Waals surface area (Å²) < 4.78 is 18.5. The molecular formula is C17H17FN2O3. The minimum atomic E-state index is -0.720. The Morgan fingerprint density at radius 1 is 1.22 bits per heavy atom. The van der Waals surface area contributed by atoms with Gasteiger partial charge in [0.05, 0.1) is 30.8 Å². The predicted molar refractivity (Wildman–Crippen MR) is 82.0 cm³/mol. The maximum Gasteiger partial charge on any atom is 0.310 e. The first kappa shape index (κ1) is 16.6. The smallest absolute Gasteiger partial charge is 0.310 e. The van der Waals surface area contributed by atoms with Crippen molar-refractivity contribution in [1.82, 2.24) is 10.3 Å². The van der Waals surface area contributed by atoms with Crippen LogP contribution in [0, 0.1) is 11.7 Å². The lowest BCUT2D eigenvalue weighted by Crippen LogP contribution is -2.36. The van der Waals surface area contributed by atoms with E-state index in [2.05, 4.69) is 10.3 Å². The van der Waals surface area contributed by atoms with Crippen LogP contribution in [0.1, 0.15) is 28.9 Å². The Labute approximate surface area is 133 Å². The van der Waals surface area contributed by atoms with Gasteiger partial charge in [-0.2, -0.15) is 0 Å². The van der Waals surface area contributed by atoms with Crippen LogP contribution in [0.15, 0.2) is 48.8 Å². The summed E-state index contributed by atoms with van der Waals surface area (Å²) in [5, 5.41) is 2.70. The fourth-order valence-corrected chi connectivity index (χ4v) is 2.26. The molecule has 1 N–H and O–H groups in total. The zero-order valence-corrected chi connectivity index (χ0v) is 12.8. The Hall–Kier alpha value is -2.76. The molecule has 2 aromatic rings. The molecule has 0 spiro atoms. The highest BCUT2D eigenvalue weighted by molar-refractivity contribution is 5.94. The standard InChI is InChI=1S/C17H17FN2O3/c1-11(17(22)23-2)15(12-6-4-3-5-7-12)20-16(21)13-8-9-19-10-14(13)18/h3-11,15H,1-2H3,(H,20,21)/t11-,15+/m1/s1. The second kappa shape index (κ2) is 7.49.